The zero-order chi connectivity index (χ0) is 27.7. The topological polar surface area (TPSA) is 236 Å². The molecule has 14 heteroatoms. The highest BCUT2D eigenvalue weighted by Crippen LogP contribution is 2.46. The molecule has 2 aliphatic rings. The maximum absolute atomic E-state index is 11.6. The van der Waals surface area contributed by atoms with Gasteiger partial charge in [-0.2, -0.15) is 0 Å². The van der Waals surface area contributed by atoms with E-state index < -0.39 is 73.3 Å². The van der Waals surface area contributed by atoms with Crippen LogP contribution in [-0.2, 0) is 23.8 Å². The largest absolute Gasteiger partial charge is 0.571 e. The first-order valence-electron chi connectivity index (χ1n) is 11.2. The van der Waals surface area contributed by atoms with Gasteiger partial charge in [-0.1, -0.05) is 0 Å². The number of phenolic OH excluding ortho intramolecular Hbond substituents is 4. The van der Waals surface area contributed by atoms with Crippen LogP contribution in [0.5, 0.6) is 28.7 Å². The number of rotatable bonds is 7. The van der Waals surface area contributed by atoms with Crippen molar-refractivity contribution < 1.29 is 69.4 Å². The molecule has 0 spiro atoms. The summed E-state index contributed by atoms with van der Waals surface area (Å²) in [7, 11) is 0. The van der Waals surface area contributed by atoms with E-state index in [1.165, 1.54) is 30.3 Å². The predicted molar refractivity (Wildman–Crippen MR) is 123 cm³/mol. The lowest BCUT2D eigenvalue weighted by molar-refractivity contribution is -0.296. The monoisotopic (exact) mass is 537 g/mol. The van der Waals surface area contributed by atoms with E-state index in [1.807, 2.05) is 0 Å². The minimum Gasteiger partial charge on any atom is -0.571 e. The van der Waals surface area contributed by atoms with Gasteiger partial charge in [0, 0.05) is 12.1 Å². The van der Waals surface area contributed by atoms with E-state index >= 15 is 0 Å². The van der Waals surface area contributed by atoms with Crippen LogP contribution >= 0.6 is 0 Å². The minimum atomic E-state index is -1.83. The van der Waals surface area contributed by atoms with Gasteiger partial charge in [-0.3, -0.25) is 9.59 Å². The number of phenols is 4. The van der Waals surface area contributed by atoms with Crippen molar-refractivity contribution in [1.82, 2.24) is 0 Å². The number of esters is 1. The van der Waals surface area contributed by atoms with E-state index in [-0.39, 0.29) is 34.1 Å². The minimum absolute atomic E-state index is 0.0714. The molecule has 0 amide bonds. The molecule has 1 unspecified atom stereocenters. The van der Waals surface area contributed by atoms with Crippen LogP contribution in [0.1, 0.15) is 23.7 Å². The molecular weight excluding hydrogens is 512 g/mol. The summed E-state index contributed by atoms with van der Waals surface area (Å²) >= 11 is 0. The van der Waals surface area contributed by atoms with Crippen molar-refractivity contribution in [3.05, 3.63) is 47.2 Å². The van der Waals surface area contributed by atoms with E-state index in [1.54, 1.807) is 0 Å². The summed E-state index contributed by atoms with van der Waals surface area (Å²) in [6, 6.07) is 6.12. The molecule has 0 radical (unpaired) electrons. The molecule has 2 heterocycles. The normalized spacial score (nSPS) is 26.4. The number of carboxylic acid groups (broad SMARTS) is 1. The van der Waals surface area contributed by atoms with Crippen LogP contribution in [0.4, 0.5) is 0 Å². The Morgan fingerprint density at radius 2 is 1.66 bits per heavy atom. The summed E-state index contributed by atoms with van der Waals surface area (Å²) in [5.74, 6) is -4.00. The third-order valence-electron chi connectivity index (χ3n) is 5.89. The number of aromatic hydroxyl groups is 5. The molecule has 0 aliphatic carbocycles. The first-order valence-corrected chi connectivity index (χ1v) is 11.2. The number of carbonyl (C=O) groups is 2. The van der Waals surface area contributed by atoms with Gasteiger partial charge in [0.15, 0.2) is 17.3 Å². The van der Waals surface area contributed by atoms with Crippen molar-refractivity contribution in [2.24, 2.45) is 0 Å². The average molecular weight is 537 g/mol. The Morgan fingerprint density at radius 1 is 0.921 bits per heavy atom. The van der Waals surface area contributed by atoms with Gasteiger partial charge < -0.3 is 59.8 Å². The van der Waals surface area contributed by atoms with Gasteiger partial charge in [0.1, 0.15) is 54.5 Å². The second kappa shape index (κ2) is 10.6. The van der Waals surface area contributed by atoms with E-state index in [4.69, 9.17) is 19.3 Å². The maximum Gasteiger partial charge on any atom is 0.317 e. The Hall–Kier alpha value is -4.24. The number of carbonyl (C=O) groups excluding carboxylic acids is 1. The third kappa shape index (κ3) is 5.52. The van der Waals surface area contributed by atoms with Crippen molar-refractivity contribution in [3.8, 4) is 28.7 Å². The highest BCUT2D eigenvalue weighted by atomic mass is 16.7. The fourth-order valence-electron chi connectivity index (χ4n) is 3.97. The smallest absolute Gasteiger partial charge is 0.317 e. The molecule has 6 atom stereocenters. The van der Waals surface area contributed by atoms with Crippen molar-refractivity contribution >= 4 is 18.0 Å². The van der Waals surface area contributed by atoms with Gasteiger partial charge in [0.25, 0.3) is 11.9 Å². The van der Waals surface area contributed by atoms with E-state index in [2.05, 4.69) is 4.74 Å². The Labute approximate surface area is 213 Å². The molecule has 2 aliphatic heterocycles. The molecule has 204 valence electrons. The molecule has 1 fully saturated rings. The first-order chi connectivity index (χ1) is 17.9. The number of aliphatic carboxylic acids is 1. The Bertz CT molecular complexity index is 1260. The standard InChI is InChI=1S/C24H24O14/c25-10-4-13(27)11-6-16(23(36-15(11)5-10)9-1-2-12(26)14(28)3-9)37-24-22(34)21(33)20(32)17(38-24)8-35-19(31)7-18(29)30/h1-6,17,20-28,32-34H,7-8H2,(H,29,30)/p+1/t17-,20-,21+,22-,23?,24-/m1/s1. The quantitative estimate of drug-likeness (QED) is 0.0980. The van der Waals surface area contributed by atoms with Crippen molar-refractivity contribution in [1.29, 1.82) is 0 Å². The molecular formula is C24H25O14+. The van der Waals surface area contributed by atoms with Crippen LogP contribution in [0.15, 0.2) is 36.1 Å². The Kier molecular flexibility index (Phi) is 7.50. The molecule has 9 N–H and O–H groups in total. The summed E-state index contributed by atoms with van der Waals surface area (Å²) in [5.41, 5.74) is 0.409. The summed E-state index contributed by atoms with van der Waals surface area (Å²) < 4.78 is 20.6. The van der Waals surface area contributed by atoms with Crippen molar-refractivity contribution in [2.75, 3.05) is 6.61 Å². The predicted octanol–water partition coefficient (Wildman–Crippen LogP) is -0.312. The van der Waals surface area contributed by atoms with Crippen LogP contribution in [0.2, 0.25) is 0 Å². The van der Waals surface area contributed by atoms with Gasteiger partial charge in [0.2, 0.25) is 6.29 Å². The highest BCUT2D eigenvalue weighted by molar-refractivity contribution is 5.90. The summed E-state index contributed by atoms with van der Waals surface area (Å²) in [6.07, 6.45) is -9.17. The number of benzene rings is 2. The third-order valence-corrected chi connectivity index (χ3v) is 5.89. The van der Waals surface area contributed by atoms with Crippen molar-refractivity contribution in [2.45, 2.75) is 43.2 Å². The van der Waals surface area contributed by atoms with Crippen LogP contribution in [0, 0.1) is 0 Å². The van der Waals surface area contributed by atoms with Gasteiger partial charge in [-0.15, -0.1) is 0 Å². The molecule has 0 aromatic heterocycles. The number of hydrogen-bond donors (Lipinski definition) is 8. The first kappa shape index (κ1) is 26.8. The molecule has 1 saturated heterocycles. The van der Waals surface area contributed by atoms with Gasteiger partial charge in [0.05, 0.1) is 11.6 Å². The second-order valence-electron chi connectivity index (χ2n) is 8.61. The number of aliphatic hydroxyl groups is 4. The summed E-state index contributed by atoms with van der Waals surface area (Å²) in [5, 5.41) is 79.7. The number of ether oxygens (including phenoxy) is 4. The van der Waals surface area contributed by atoms with Crippen LogP contribution < -0.4 is 0 Å². The molecule has 14 nitrogen and oxygen atoms in total. The average Bonchev–Trinajstić information content (AvgIpc) is 2.84. The maximum atomic E-state index is 11.6. The zero-order valence-corrected chi connectivity index (χ0v) is 19.4. The molecule has 0 saturated carbocycles. The van der Waals surface area contributed by atoms with Crippen LogP contribution in [-0.4, -0.2) is 94.8 Å². The molecule has 2 aromatic rings. The molecule has 38 heavy (non-hydrogen) atoms. The lowest BCUT2D eigenvalue weighted by Gasteiger charge is -2.40. The Balaban J connectivity index is 1.63. The van der Waals surface area contributed by atoms with Crippen LogP contribution in [0.3, 0.4) is 0 Å². The number of fused-ring (bicyclic) bond motifs is 1. The lowest BCUT2D eigenvalue weighted by Crippen LogP contribution is -2.59. The fraction of sp³-hybridized carbons (Fsp3) is 0.333. The summed E-state index contributed by atoms with van der Waals surface area (Å²) in [4.78, 5) is 22.2. The van der Waals surface area contributed by atoms with Gasteiger partial charge in [-0.25, -0.2) is 0 Å². The molecule has 4 rings (SSSR count). The molecule has 2 aromatic carbocycles. The van der Waals surface area contributed by atoms with Gasteiger partial charge >= 0.3 is 11.9 Å². The number of aliphatic hydroxyl groups excluding tert-OH is 3. The van der Waals surface area contributed by atoms with Crippen molar-refractivity contribution in [3.63, 3.8) is 0 Å². The van der Waals surface area contributed by atoms with E-state index in [9.17, 15) is 45.3 Å². The summed E-state index contributed by atoms with van der Waals surface area (Å²) in [6.45, 7) is -0.668. The van der Waals surface area contributed by atoms with E-state index in [0.29, 0.717) is 0 Å². The SMILES string of the molecule is O=C(O)CC(=O)OC[C@H]1O[C@@H](OC2=Cc3c(O)cc(O)cc3[OH+]C2c2ccc(O)c(O)c2)[C@H](O)[C@@H](O)[C@@H]1O. The van der Waals surface area contributed by atoms with Crippen LogP contribution in [0.25, 0.3) is 6.08 Å². The number of hydrogen-bond acceptors (Lipinski definition) is 12. The highest BCUT2D eigenvalue weighted by Gasteiger charge is 2.47. The fourth-order valence-corrected chi connectivity index (χ4v) is 3.97. The molecule has 0 bridgehead atoms. The second-order valence-corrected chi connectivity index (χ2v) is 8.61. The zero-order valence-electron chi connectivity index (χ0n) is 19.4. The lowest BCUT2D eigenvalue weighted by atomic mass is 9.98. The Morgan fingerprint density at radius 3 is 2.34 bits per heavy atom. The van der Waals surface area contributed by atoms with E-state index in [0.717, 1.165) is 6.07 Å². The van der Waals surface area contributed by atoms with Gasteiger partial charge in [-0.05, 0) is 18.2 Å². The number of carboxylic acids is 1.